The van der Waals surface area contributed by atoms with Crippen molar-refractivity contribution in [3.63, 3.8) is 0 Å². The van der Waals surface area contributed by atoms with E-state index < -0.39 is 0 Å². The smallest absolute Gasteiger partial charge is 0.223 e. The average molecular weight is 236 g/mol. The molecule has 3 rings (SSSR count). The minimum atomic E-state index is 0.273. The van der Waals surface area contributed by atoms with Gasteiger partial charge >= 0.3 is 0 Å². The Morgan fingerprint density at radius 1 is 1.06 bits per heavy atom. The summed E-state index contributed by atoms with van der Waals surface area (Å²) in [5.74, 6) is 3.28. The van der Waals surface area contributed by atoms with E-state index in [0.717, 1.165) is 50.2 Å². The Hall–Kier alpha value is -0.570. The van der Waals surface area contributed by atoms with E-state index in [1.807, 2.05) is 0 Å². The van der Waals surface area contributed by atoms with Crippen molar-refractivity contribution >= 4 is 5.91 Å². The Kier molecular flexibility index (Phi) is 3.37. The van der Waals surface area contributed by atoms with Gasteiger partial charge in [-0.3, -0.25) is 4.79 Å². The van der Waals surface area contributed by atoms with Gasteiger partial charge in [0.25, 0.3) is 0 Å². The fourth-order valence-corrected chi connectivity index (χ4v) is 3.21. The van der Waals surface area contributed by atoms with Crippen LogP contribution in [-0.4, -0.2) is 25.5 Å². The van der Waals surface area contributed by atoms with Crippen LogP contribution in [0.2, 0.25) is 0 Å². The monoisotopic (exact) mass is 236 g/mol. The number of carbonyl (C=O) groups excluding carboxylic acids is 1. The van der Waals surface area contributed by atoms with Crippen LogP contribution in [0.4, 0.5) is 0 Å². The van der Waals surface area contributed by atoms with Gasteiger partial charge in [0.05, 0.1) is 0 Å². The summed E-state index contributed by atoms with van der Waals surface area (Å²) in [6, 6.07) is 0. The maximum Gasteiger partial charge on any atom is 0.223 e. The van der Waals surface area contributed by atoms with E-state index in [0.29, 0.717) is 5.91 Å². The lowest BCUT2D eigenvalue weighted by molar-refractivity contribution is -0.126. The van der Waals surface area contributed by atoms with Crippen LogP contribution in [0.25, 0.3) is 0 Å². The minimum absolute atomic E-state index is 0.273. The summed E-state index contributed by atoms with van der Waals surface area (Å²) in [5.41, 5.74) is 0. The van der Waals surface area contributed by atoms with E-state index in [1.54, 1.807) is 0 Å². The van der Waals surface area contributed by atoms with E-state index in [-0.39, 0.29) is 5.92 Å². The molecular formula is C14H24N2O. The van der Waals surface area contributed by atoms with Crippen LogP contribution in [0.5, 0.6) is 0 Å². The highest BCUT2D eigenvalue weighted by atomic mass is 16.1. The molecule has 1 aliphatic heterocycles. The average Bonchev–Trinajstić information content (AvgIpc) is 3.24. The second-order valence-electron chi connectivity index (χ2n) is 6.11. The molecule has 0 radical (unpaired) electrons. The number of amides is 1. The van der Waals surface area contributed by atoms with Crippen LogP contribution in [0.15, 0.2) is 0 Å². The van der Waals surface area contributed by atoms with Crippen molar-refractivity contribution in [1.82, 2.24) is 10.6 Å². The molecule has 0 bridgehead atoms. The molecule has 1 amide bonds. The van der Waals surface area contributed by atoms with Gasteiger partial charge in [-0.2, -0.15) is 0 Å². The van der Waals surface area contributed by atoms with Gasteiger partial charge in [-0.15, -0.1) is 0 Å². The first-order valence-corrected chi connectivity index (χ1v) is 7.33. The predicted octanol–water partition coefficient (Wildman–Crippen LogP) is 1.54. The number of rotatable bonds is 5. The first kappa shape index (κ1) is 11.5. The summed E-state index contributed by atoms with van der Waals surface area (Å²) in [7, 11) is 0. The molecule has 1 saturated heterocycles. The van der Waals surface area contributed by atoms with Crippen molar-refractivity contribution in [2.24, 2.45) is 23.7 Å². The topological polar surface area (TPSA) is 41.1 Å². The molecule has 3 heteroatoms. The van der Waals surface area contributed by atoms with Crippen molar-refractivity contribution in [2.75, 3.05) is 19.6 Å². The minimum Gasteiger partial charge on any atom is -0.356 e. The number of hydrogen-bond acceptors (Lipinski definition) is 2. The van der Waals surface area contributed by atoms with Crippen LogP contribution >= 0.6 is 0 Å². The highest BCUT2D eigenvalue weighted by Gasteiger charge is 2.41. The van der Waals surface area contributed by atoms with Crippen LogP contribution in [0.1, 0.15) is 38.5 Å². The molecule has 1 heterocycles. The number of piperidine rings is 1. The molecule has 0 aromatic carbocycles. The predicted molar refractivity (Wildman–Crippen MR) is 67.5 cm³/mol. The van der Waals surface area contributed by atoms with E-state index >= 15 is 0 Å². The molecule has 0 atom stereocenters. The van der Waals surface area contributed by atoms with Gasteiger partial charge in [0.1, 0.15) is 0 Å². The first-order chi connectivity index (χ1) is 8.34. The summed E-state index contributed by atoms with van der Waals surface area (Å²) in [5, 5.41) is 6.54. The second-order valence-corrected chi connectivity index (χ2v) is 6.11. The van der Waals surface area contributed by atoms with Crippen LogP contribution in [0, 0.1) is 23.7 Å². The maximum atomic E-state index is 12.0. The fraction of sp³-hybridized carbons (Fsp3) is 0.929. The van der Waals surface area contributed by atoms with Crippen LogP contribution < -0.4 is 10.6 Å². The quantitative estimate of drug-likeness (QED) is 0.760. The molecule has 2 aliphatic carbocycles. The third kappa shape index (κ3) is 3.01. The summed E-state index contributed by atoms with van der Waals surface area (Å²) < 4.78 is 0. The Morgan fingerprint density at radius 3 is 2.18 bits per heavy atom. The van der Waals surface area contributed by atoms with Crippen molar-refractivity contribution in [3.8, 4) is 0 Å². The molecule has 2 saturated carbocycles. The Bertz CT molecular complexity index is 266. The Balaban J connectivity index is 1.44. The summed E-state index contributed by atoms with van der Waals surface area (Å²) in [6.45, 7) is 2.97. The zero-order chi connectivity index (χ0) is 11.7. The van der Waals surface area contributed by atoms with Gasteiger partial charge in [-0.25, -0.2) is 0 Å². The zero-order valence-corrected chi connectivity index (χ0v) is 10.6. The zero-order valence-electron chi connectivity index (χ0n) is 10.6. The molecule has 0 aromatic heterocycles. The molecule has 17 heavy (non-hydrogen) atoms. The third-order valence-corrected chi connectivity index (χ3v) is 4.68. The highest BCUT2D eigenvalue weighted by Crippen LogP contribution is 2.48. The number of nitrogens with one attached hydrogen (secondary N) is 2. The van der Waals surface area contributed by atoms with E-state index in [1.165, 1.54) is 25.7 Å². The Labute approximate surface area is 104 Å². The van der Waals surface area contributed by atoms with Gasteiger partial charge < -0.3 is 10.6 Å². The SMILES string of the molecule is O=C(NCC(C1CC1)C1CC1)C1CCNCC1. The maximum absolute atomic E-state index is 12.0. The normalized spacial score (nSPS) is 26.2. The molecule has 3 nitrogen and oxygen atoms in total. The molecule has 2 N–H and O–H groups in total. The third-order valence-electron chi connectivity index (χ3n) is 4.68. The van der Waals surface area contributed by atoms with Crippen molar-refractivity contribution in [1.29, 1.82) is 0 Å². The van der Waals surface area contributed by atoms with Crippen molar-refractivity contribution in [3.05, 3.63) is 0 Å². The number of carbonyl (C=O) groups is 1. The lowest BCUT2D eigenvalue weighted by atomic mass is 9.95. The largest absolute Gasteiger partial charge is 0.356 e. The first-order valence-electron chi connectivity index (χ1n) is 7.33. The van der Waals surface area contributed by atoms with Gasteiger partial charge in [0.2, 0.25) is 5.91 Å². The van der Waals surface area contributed by atoms with E-state index in [4.69, 9.17) is 0 Å². The molecule has 96 valence electrons. The highest BCUT2D eigenvalue weighted by molar-refractivity contribution is 5.78. The molecule has 3 fully saturated rings. The second kappa shape index (κ2) is 4.97. The van der Waals surface area contributed by atoms with E-state index in [2.05, 4.69) is 10.6 Å². The number of hydrogen-bond donors (Lipinski definition) is 2. The van der Waals surface area contributed by atoms with Crippen molar-refractivity contribution in [2.45, 2.75) is 38.5 Å². The van der Waals surface area contributed by atoms with E-state index in [9.17, 15) is 4.79 Å². The van der Waals surface area contributed by atoms with Crippen LogP contribution in [0.3, 0.4) is 0 Å². The van der Waals surface area contributed by atoms with Crippen LogP contribution in [-0.2, 0) is 4.79 Å². The van der Waals surface area contributed by atoms with Crippen molar-refractivity contribution < 1.29 is 4.79 Å². The molecular weight excluding hydrogens is 212 g/mol. The summed E-state index contributed by atoms with van der Waals surface area (Å²) >= 11 is 0. The molecule has 0 unspecified atom stereocenters. The lowest BCUT2D eigenvalue weighted by Crippen LogP contribution is -2.40. The standard InChI is InChI=1S/C14H24N2O/c17-14(12-5-7-15-8-6-12)16-9-13(10-1-2-10)11-3-4-11/h10-13,15H,1-9H2,(H,16,17). The lowest BCUT2D eigenvalue weighted by Gasteiger charge is -2.23. The molecule has 3 aliphatic rings. The van der Waals surface area contributed by atoms with Gasteiger partial charge in [0, 0.05) is 12.5 Å². The Morgan fingerprint density at radius 2 is 1.65 bits per heavy atom. The fourth-order valence-electron chi connectivity index (χ4n) is 3.21. The molecule has 0 spiro atoms. The molecule has 0 aromatic rings. The summed E-state index contributed by atoms with van der Waals surface area (Å²) in [6.07, 6.45) is 7.66. The summed E-state index contributed by atoms with van der Waals surface area (Å²) in [4.78, 5) is 12.0. The van der Waals surface area contributed by atoms with Gasteiger partial charge in [0.15, 0.2) is 0 Å². The van der Waals surface area contributed by atoms with Gasteiger partial charge in [-0.05, 0) is 69.4 Å². The van der Waals surface area contributed by atoms with Gasteiger partial charge in [-0.1, -0.05) is 0 Å².